The summed E-state index contributed by atoms with van der Waals surface area (Å²) in [6, 6.07) is 7.01. The quantitative estimate of drug-likeness (QED) is 0.544. The van der Waals surface area contributed by atoms with Crippen molar-refractivity contribution >= 4 is 5.97 Å². The Morgan fingerprint density at radius 3 is 1.41 bits per heavy atom. The number of hydrogen-bond acceptors (Lipinski definition) is 5. The topological polar surface area (TPSA) is 118 Å². The lowest BCUT2D eigenvalue weighted by molar-refractivity contribution is -0.0328. The van der Waals surface area contributed by atoms with E-state index in [9.17, 15) is 4.79 Å². The first kappa shape index (κ1) is 20.5. The first-order valence-electron chi connectivity index (χ1n) is 6.93. The predicted octanol–water partition coefficient (Wildman–Crippen LogP) is 0.624. The van der Waals surface area contributed by atoms with Crippen molar-refractivity contribution in [3.63, 3.8) is 0 Å². The summed E-state index contributed by atoms with van der Waals surface area (Å²) in [5.74, 6) is -0.875. The standard InChI is InChI=1S/C11H14O2.C5H12O4/c1-11(2,3)9-6-4-8(5-7-9)10(12)13;6-1-5(2-7,3-8)4-9/h4-7H,1-3H3,(H,12,13);6-9H,1-4H2. The van der Waals surface area contributed by atoms with Crippen molar-refractivity contribution in [1.82, 2.24) is 0 Å². The van der Waals surface area contributed by atoms with Gasteiger partial charge < -0.3 is 25.5 Å². The number of aromatic carboxylic acids is 1. The maximum atomic E-state index is 10.6. The number of aliphatic hydroxyl groups is 4. The van der Waals surface area contributed by atoms with Gasteiger partial charge in [-0.2, -0.15) is 0 Å². The molecule has 5 N–H and O–H groups in total. The van der Waals surface area contributed by atoms with E-state index in [0.29, 0.717) is 5.56 Å². The van der Waals surface area contributed by atoms with Gasteiger partial charge in [0.25, 0.3) is 0 Å². The first-order valence-corrected chi connectivity index (χ1v) is 6.93. The largest absolute Gasteiger partial charge is 0.478 e. The van der Waals surface area contributed by atoms with Crippen molar-refractivity contribution in [3.8, 4) is 0 Å². The minimum atomic E-state index is -1.11. The van der Waals surface area contributed by atoms with Gasteiger partial charge in [-0.25, -0.2) is 4.79 Å². The SMILES string of the molecule is CC(C)(C)c1ccc(C(=O)O)cc1.OCC(CO)(CO)CO. The molecule has 1 aromatic carbocycles. The Hall–Kier alpha value is -1.47. The van der Waals surface area contributed by atoms with Gasteiger partial charge in [-0.05, 0) is 23.1 Å². The second-order valence-electron chi connectivity index (χ2n) is 6.26. The van der Waals surface area contributed by atoms with E-state index in [1.807, 2.05) is 12.1 Å². The van der Waals surface area contributed by atoms with Crippen LogP contribution in [0.2, 0.25) is 0 Å². The van der Waals surface area contributed by atoms with Gasteiger partial charge >= 0.3 is 5.97 Å². The molecule has 6 heteroatoms. The third kappa shape index (κ3) is 6.11. The van der Waals surface area contributed by atoms with E-state index in [1.54, 1.807) is 12.1 Å². The molecule has 0 unspecified atom stereocenters. The van der Waals surface area contributed by atoms with Crippen LogP contribution >= 0.6 is 0 Å². The van der Waals surface area contributed by atoms with Gasteiger partial charge in [0, 0.05) is 0 Å². The summed E-state index contributed by atoms with van der Waals surface area (Å²) < 4.78 is 0. The molecule has 126 valence electrons. The zero-order valence-electron chi connectivity index (χ0n) is 13.3. The summed E-state index contributed by atoms with van der Waals surface area (Å²) in [5.41, 5.74) is 0.460. The Balaban J connectivity index is 0.000000433. The van der Waals surface area contributed by atoms with Crippen molar-refractivity contribution in [3.05, 3.63) is 35.4 Å². The van der Waals surface area contributed by atoms with Crippen LogP contribution in [-0.4, -0.2) is 57.9 Å². The van der Waals surface area contributed by atoms with Crippen LogP contribution in [0.1, 0.15) is 36.7 Å². The number of carboxylic acid groups (broad SMARTS) is 1. The smallest absolute Gasteiger partial charge is 0.335 e. The zero-order chi connectivity index (χ0) is 17.4. The highest BCUT2D eigenvalue weighted by Crippen LogP contribution is 2.22. The number of hydrogen-bond donors (Lipinski definition) is 5. The monoisotopic (exact) mass is 314 g/mol. The third-order valence-corrected chi connectivity index (χ3v) is 3.34. The lowest BCUT2D eigenvalue weighted by Crippen LogP contribution is -2.37. The summed E-state index contributed by atoms with van der Waals surface area (Å²) >= 11 is 0. The molecule has 0 fully saturated rings. The van der Waals surface area contributed by atoms with Gasteiger partial charge in [0.1, 0.15) is 0 Å². The van der Waals surface area contributed by atoms with Crippen LogP contribution in [-0.2, 0) is 5.41 Å². The van der Waals surface area contributed by atoms with Crippen LogP contribution in [0.25, 0.3) is 0 Å². The summed E-state index contributed by atoms with van der Waals surface area (Å²) in [6.45, 7) is 4.67. The van der Waals surface area contributed by atoms with Gasteiger partial charge in [-0.3, -0.25) is 0 Å². The minimum Gasteiger partial charge on any atom is -0.478 e. The van der Waals surface area contributed by atoms with Gasteiger partial charge in [0.15, 0.2) is 0 Å². The summed E-state index contributed by atoms with van der Waals surface area (Å²) in [5, 5.41) is 42.7. The van der Waals surface area contributed by atoms with Crippen molar-refractivity contribution in [2.45, 2.75) is 26.2 Å². The fourth-order valence-electron chi connectivity index (χ4n) is 1.41. The molecule has 0 saturated carbocycles. The molecule has 0 saturated heterocycles. The molecule has 1 rings (SSSR count). The molecule has 0 aliphatic heterocycles. The number of rotatable bonds is 5. The predicted molar refractivity (Wildman–Crippen MR) is 82.9 cm³/mol. The van der Waals surface area contributed by atoms with Crippen molar-refractivity contribution in [2.75, 3.05) is 26.4 Å². The fraction of sp³-hybridized carbons (Fsp3) is 0.562. The van der Waals surface area contributed by atoms with Gasteiger partial charge in [-0.1, -0.05) is 32.9 Å². The maximum Gasteiger partial charge on any atom is 0.335 e. The Morgan fingerprint density at radius 2 is 1.23 bits per heavy atom. The van der Waals surface area contributed by atoms with Gasteiger partial charge in [-0.15, -0.1) is 0 Å². The molecule has 0 bridgehead atoms. The summed E-state index contributed by atoms with van der Waals surface area (Å²) in [7, 11) is 0. The van der Waals surface area contributed by atoms with E-state index in [4.69, 9.17) is 25.5 Å². The first-order chi connectivity index (χ1) is 10.2. The molecule has 0 heterocycles. The van der Waals surface area contributed by atoms with Crippen molar-refractivity contribution in [1.29, 1.82) is 0 Å². The number of benzene rings is 1. The summed E-state index contributed by atoms with van der Waals surface area (Å²) in [4.78, 5) is 10.6. The lowest BCUT2D eigenvalue weighted by Gasteiger charge is -2.23. The minimum absolute atomic E-state index is 0.0804. The molecule has 22 heavy (non-hydrogen) atoms. The van der Waals surface area contributed by atoms with E-state index in [2.05, 4.69) is 20.8 Å². The Bertz CT molecular complexity index is 425. The van der Waals surface area contributed by atoms with Crippen LogP contribution in [0.3, 0.4) is 0 Å². The van der Waals surface area contributed by atoms with Crippen LogP contribution in [0, 0.1) is 5.41 Å². The molecular formula is C16H26O6. The van der Waals surface area contributed by atoms with E-state index >= 15 is 0 Å². The Morgan fingerprint density at radius 1 is 0.864 bits per heavy atom. The molecule has 1 aromatic rings. The normalized spacial score (nSPS) is 11.6. The lowest BCUT2D eigenvalue weighted by atomic mass is 9.87. The maximum absolute atomic E-state index is 10.6. The molecule has 0 aliphatic rings. The molecule has 0 amide bonds. The van der Waals surface area contributed by atoms with Crippen LogP contribution in [0.5, 0.6) is 0 Å². The molecule has 0 radical (unpaired) electrons. The molecule has 6 nitrogen and oxygen atoms in total. The second-order valence-corrected chi connectivity index (χ2v) is 6.26. The van der Waals surface area contributed by atoms with Crippen LogP contribution in [0.15, 0.2) is 24.3 Å². The number of carbonyl (C=O) groups is 1. The van der Waals surface area contributed by atoms with Crippen LogP contribution < -0.4 is 0 Å². The van der Waals surface area contributed by atoms with E-state index in [0.717, 1.165) is 5.56 Å². The highest BCUT2D eigenvalue weighted by atomic mass is 16.4. The zero-order valence-corrected chi connectivity index (χ0v) is 13.3. The fourth-order valence-corrected chi connectivity index (χ4v) is 1.41. The van der Waals surface area contributed by atoms with Gasteiger partial charge in [0.2, 0.25) is 0 Å². The molecular weight excluding hydrogens is 288 g/mol. The molecule has 0 aromatic heterocycles. The van der Waals surface area contributed by atoms with Crippen molar-refractivity contribution in [2.24, 2.45) is 5.41 Å². The molecule has 0 atom stereocenters. The Kier molecular flexibility index (Phi) is 8.26. The van der Waals surface area contributed by atoms with Gasteiger partial charge in [0.05, 0.1) is 37.4 Å². The highest BCUT2D eigenvalue weighted by Gasteiger charge is 2.26. The van der Waals surface area contributed by atoms with E-state index in [-0.39, 0.29) is 5.41 Å². The number of aliphatic hydroxyl groups excluding tert-OH is 4. The molecule has 0 aliphatic carbocycles. The van der Waals surface area contributed by atoms with Crippen LogP contribution in [0.4, 0.5) is 0 Å². The van der Waals surface area contributed by atoms with E-state index < -0.39 is 37.8 Å². The van der Waals surface area contributed by atoms with Crippen molar-refractivity contribution < 1.29 is 30.3 Å². The second kappa shape index (κ2) is 8.85. The summed E-state index contributed by atoms with van der Waals surface area (Å²) in [6.07, 6.45) is 0. The molecule has 0 spiro atoms. The third-order valence-electron chi connectivity index (χ3n) is 3.34. The average molecular weight is 314 g/mol. The van der Waals surface area contributed by atoms with E-state index in [1.165, 1.54) is 0 Å². The highest BCUT2D eigenvalue weighted by molar-refractivity contribution is 5.87. The Labute approximate surface area is 130 Å². The number of carboxylic acids is 1. The average Bonchev–Trinajstić information content (AvgIpc) is 2.50.